The minimum atomic E-state index is -0.536. The number of aliphatic hydroxyl groups excluding tert-OH is 1. The standard InChI is InChI=1S/C16H22FNO3/c1-21-15-6-2-5-13(17)16(15)14(20)7-9-18-8-3-4-12(10-18)11-19/h2,5-6,12,19H,3-4,7-11H2,1H3. The van der Waals surface area contributed by atoms with Crippen LogP contribution in [0.25, 0.3) is 0 Å². The van der Waals surface area contributed by atoms with E-state index >= 15 is 0 Å². The smallest absolute Gasteiger partial charge is 0.170 e. The molecule has 1 N–H and O–H groups in total. The molecular formula is C16H22FNO3. The van der Waals surface area contributed by atoms with Crippen LogP contribution in [0.4, 0.5) is 4.39 Å². The summed E-state index contributed by atoms with van der Waals surface area (Å²) in [6.45, 7) is 2.51. The maximum atomic E-state index is 13.8. The van der Waals surface area contributed by atoms with Gasteiger partial charge in [-0.25, -0.2) is 4.39 Å². The zero-order chi connectivity index (χ0) is 15.2. The van der Waals surface area contributed by atoms with E-state index < -0.39 is 5.82 Å². The van der Waals surface area contributed by atoms with E-state index in [-0.39, 0.29) is 36.0 Å². The van der Waals surface area contributed by atoms with Gasteiger partial charge in [0.1, 0.15) is 11.6 Å². The van der Waals surface area contributed by atoms with Crippen LogP contribution < -0.4 is 4.74 Å². The fourth-order valence-electron chi connectivity index (χ4n) is 2.83. The molecule has 1 atom stereocenters. The zero-order valence-corrected chi connectivity index (χ0v) is 12.3. The second-order valence-corrected chi connectivity index (χ2v) is 5.48. The molecule has 1 aliphatic rings. The van der Waals surface area contributed by atoms with Crippen molar-refractivity contribution in [1.29, 1.82) is 0 Å². The highest BCUT2D eigenvalue weighted by Crippen LogP contribution is 2.23. The molecule has 0 spiro atoms. The number of likely N-dealkylation sites (tertiary alicyclic amines) is 1. The summed E-state index contributed by atoms with van der Waals surface area (Å²) in [5, 5.41) is 9.21. The summed E-state index contributed by atoms with van der Waals surface area (Å²) in [6.07, 6.45) is 2.32. The number of methoxy groups -OCH3 is 1. The van der Waals surface area contributed by atoms with Crippen molar-refractivity contribution in [2.75, 3.05) is 33.4 Å². The second kappa shape index (κ2) is 7.52. The average Bonchev–Trinajstić information content (AvgIpc) is 2.52. The molecule has 1 aliphatic heterocycles. The predicted octanol–water partition coefficient (Wildman–Crippen LogP) is 2.11. The Hall–Kier alpha value is -1.46. The Bertz CT molecular complexity index is 492. The zero-order valence-electron chi connectivity index (χ0n) is 12.3. The molecule has 0 aromatic heterocycles. The van der Waals surface area contributed by atoms with Gasteiger partial charge in [-0.05, 0) is 37.4 Å². The van der Waals surface area contributed by atoms with Crippen LogP contribution in [0.5, 0.6) is 5.75 Å². The first-order chi connectivity index (χ1) is 10.2. The van der Waals surface area contributed by atoms with Crippen LogP contribution in [0.3, 0.4) is 0 Å². The number of benzene rings is 1. The molecule has 5 heteroatoms. The van der Waals surface area contributed by atoms with E-state index in [0.717, 1.165) is 25.9 Å². The molecule has 1 aromatic rings. The van der Waals surface area contributed by atoms with Gasteiger partial charge in [-0.15, -0.1) is 0 Å². The van der Waals surface area contributed by atoms with Crippen LogP contribution in [-0.4, -0.2) is 49.1 Å². The molecule has 2 rings (SSSR count). The number of hydrogen-bond acceptors (Lipinski definition) is 4. The monoisotopic (exact) mass is 295 g/mol. The maximum absolute atomic E-state index is 13.8. The number of Topliss-reactive ketones (excluding diaryl/α,β-unsaturated/α-hetero) is 1. The fourth-order valence-corrected chi connectivity index (χ4v) is 2.83. The fraction of sp³-hybridized carbons (Fsp3) is 0.562. The van der Waals surface area contributed by atoms with Crippen molar-refractivity contribution in [2.24, 2.45) is 5.92 Å². The first-order valence-electron chi connectivity index (χ1n) is 7.34. The van der Waals surface area contributed by atoms with Crippen molar-refractivity contribution in [3.63, 3.8) is 0 Å². The second-order valence-electron chi connectivity index (χ2n) is 5.48. The van der Waals surface area contributed by atoms with Crippen LogP contribution >= 0.6 is 0 Å². The Labute approximate surface area is 124 Å². The van der Waals surface area contributed by atoms with Crippen molar-refractivity contribution in [3.05, 3.63) is 29.6 Å². The van der Waals surface area contributed by atoms with Gasteiger partial charge in [-0.3, -0.25) is 4.79 Å². The van der Waals surface area contributed by atoms with E-state index in [1.54, 1.807) is 6.07 Å². The van der Waals surface area contributed by atoms with Gasteiger partial charge in [-0.1, -0.05) is 6.07 Å². The number of ketones is 1. The summed E-state index contributed by atoms with van der Waals surface area (Å²) in [7, 11) is 1.43. The predicted molar refractivity (Wildman–Crippen MR) is 78.1 cm³/mol. The summed E-state index contributed by atoms with van der Waals surface area (Å²) >= 11 is 0. The van der Waals surface area contributed by atoms with Gasteiger partial charge < -0.3 is 14.7 Å². The molecule has 0 bridgehead atoms. The summed E-state index contributed by atoms with van der Waals surface area (Å²) in [5.41, 5.74) is 0.0377. The van der Waals surface area contributed by atoms with E-state index in [1.165, 1.54) is 19.2 Å². The number of carbonyl (C=O) groups is 1. The lowest BCUT2D eigenvalue weighted by Gasteiger charge is -2.31. The van der Waals surface area contributed by atoms with Crippen molar-refractivity contribution in [1.82, 2.24) is 4.90 Å². The number of aliphatic hydroxyl groups is 1. The van der Waals surface area contributed by atoms with Crippen molar-refractivity contribution >= 4 is 5.78 Å². The van der Waals surface area contributed by atoms with E-state index in [9.17, 15) is 14.3 Å². The SMILES string of the molecule is COc1cccc(F)c1C(=O)CCN1CCCC(CO)C1. The molecule has 0 radical (unpaired) electrons. The van der Waals surface area contributed by atoms with Crippen molar-refractivity contribution in [2.45, 2.75) is 19.3 Å². The summed E-state index contributed by atoms with van der Waals surface area (Å²) in [5.74, 6) is -0.203. The molecule has 1 saturated heterocycles. The topological polar surface area (TPSA) is 49.8 Å². The molecule has 1 aromatic carbocycles. The normalized spacial score (nSPS) is 19.5. The number of hydrogen-bond donors (Lipinski definition) is 1. The first kappa shape index (κ1) is 15.9. The van der Waals surface area contributed by atoms with Crippen LogP contribution in [0.2, 0.25) is 0 Å². The maximum Gasteiger partial charge on any atom is 0.170 e. The molecule has 4 nitrogen and oxygen atoms in total. The molecular weight excluding hydrogens is 273 g/mol. The first-order valence-corrected chi connectivity index (χ1v) is 7.34. The minimum Gasteiger partial charge on any atom is -0.496 e. The van der Waals surface area contributed by atoms with Gasteiger partial charge in [0, 0.05) is 26.1 Å². The third-order valence-electron chi connectivity index (χ3n) is 3.99. The van der Waals surface area contributed by atoms with Crippen LogP contribution in [-0.2, 0) is 0 Å². The summed E-state index contributed by atoms with van der Waals surface area (Å²) in [6, 6.07) is 4.40. The summed E-state index contributed by atoms with van der Waals surface area (Å²) in [4.78, 5) is 14.4. The lowest BCUT2D eigenvalue weighted by Crippen LogP contribution is -2.38. The molecule has 0 aliphatic carbocycles. The lowest BCUT2D eigenvalue weighted by molar-refractivity contribution is 0.0910. The molecule has 116 valence electrons. The molecule has 21 heavy (non-hydrogen) atoms. The minimum absolute atomic E-state index is 0.0377. The van der Waals surface area contributed by atoms with Crippen LogP contribution in [0, 0.1) is 11.7 Å². The number of piperidine rings is 1. The van der Waals surface area contributed by atoms with Crippen LogP contribution in [0.15, 0.2) is 18.2 Å². The summed E-state index contributed by atoms with van der Waals surface area (Å²) < 4.78 is 18.9. The van der Waals surface area contributed by atoms with Gasteiger partial charge in [0.15, 0.2) is 5.78 Å². The Balaban J connectivity index is 1.96. The molecule has 0 amide bonds. The van der Waals surface area contributed by atoms with Gasteiger partial charge in [0.25, 0.3) is 0 Å². The van der Waals surface area contributed by atoms with E-state index in [4.69, 9.17) is 4.74 Å². The largest absolute Gasteiger partial charge is 0.496 e. The van der Waals surface area contributed by atoms with Crippen molar-refractivity contribution in [3.8, 4) is 5.75 Å². The van der Waals surface area contributed by atoms with Crippen LogP contribution in [0.1, 0.15) is 29.6 Å². The quantitative estimate of drug-likeness (QED) is 0.817. The highest BCUT2D eigenvalue weighted by molar-refractivity contribution is 5.99. The third-order valence-corrected chi connectivity index (χ3v) is 3.99. The van der Waals surface area contributed by atoms with Gasteiger partial charge in [-0.2, -0.15) is 0 Å². The number of ether oxygens (including phenoxy) is 1. The van der Waals surface area contributed by atoms with E-state index in [0.29, 0.717) is 6.54 Å². The number of halogens is 1. The molecule has 1 fully saturated rings. The van der Waals surface area contributed by atoms with E-state index in [1.807, 2.05) is 0 Å². The molecule has 1 unspecified atom stereocenters. The Morgan fingerprint density at radius 1 is 1.52 bits per heavy atom. The highest BCUT2D eigenvalue weighted by Gasteiger charge is 2.22. The highest BCUT2D eigenvalue weighted by atomic mass is 19.1. The molecule has 0 saturated carbocycles. The third kappa shape index (κ3) is 4.02. The number of nitrogens with zero attached hydrogens (tertiary/aromatic N) is 1. The number of rotatable bonds is 6. The van der Waals surface area contributed by atoms with Gasteiger partial charge in [0.2, 0.25) is 0 Å². The Kier molecular flexibility index (Phi) is 5.70. The van der Waals surface area contributed by atoms with E-state index in [2.05, 4.69) is 4.90 Å². The average molecular weight is 295 g/mol. The Morgan fingerprint density at radius 3 is 3.05 bits per heavy atom. The lowest BCUT2D eigenvalue weighted by atomic mass is 9.98. The van der Waals surface area contributed by atoms with Crippen molar-refractivity contribution < 1.29 is 19.0 Å². The number of carbonyl (C=O) groups excluding carboxylic acids is 1. The Morgan fingerprint density at radius 2 is 2.33 bits per heavy atom. The van der Waals surface area contributed by atoms with Gasteiger partial charge >= 0.3 is 0 Å². The van der Waals surface area contributed by atoms with Gasteiger partial charge in [0.05, 0.1) is 12.7 Å². The molecule has 1 heterocycles.